The number of hydrogen-bond donors (Lipinski definition) is 0. The van der Waals surface area contributed by atoms with Gasteiger partial charge in [-0.05, 0) is 124 Å². The van der Waals surface area contributed by atoms with E-state index in [9.17, 15) is 0 Å². The summed E-state index contributed by atoms with van der Waals surface area (Å²) in [6.07, 6.45) is 7.22. The Kier molecular flexibility index (Phi) is 8.96. The van der Waals surface area contributed by atoms with E-state index in [1.807, 2.05) is 0 Å². The van der Waals surface area contributed by atoms with Gasteiger partial charge in [-0.25, -0.2) is 0 Å². The van der Waals surface area contributed by atoms with E-state index in [2.05, 4.69) is 216 Å². The van der Waals surface area contributed by atoms with Crippen LogP contribution in [0.4, 0.5) is 17.1 Å². The van der Waals surface area contributed by atoms with Crippen molar-refractivity contribution in [1.82, 2.24) is 4.57 Å². The molecular weight excluding hydrogens is 749 g/mol. The lowest BCUT2D eigenvalue weighted by molar-refractivity contribution is 0.639. The van der Waals surface area contributed by atoms with E-state index in [1.54, 1.807) is 0 Å². The van der Waals surface area contributed by atoms with Crippen LogP contribution in [0.5, 0.6) is 0 Å². The maximum Gasteiger partial charge on any atom is 0.0622 e. The number of nitrogens with zero attached hydrogens (tertiary/aromatic N) is 2. The van der Waals surface area contributed by atoms with Crippen molar-refractivity contribution in [3.63, 3.8) is 0 Å². The summed E-state index contributed by atoms with van der Waals surface area (Å²) in [6.45, 7) is 0. The van der Waals surface area contributed by atoms with E-state index in [-0.39, 0.29) is 0 Å². The third kappa shape index (κ3) is 6.09. The van der Waals surface area contributed by atoms with E-state index >= 15 is 0 Å². The van der Waals surface area contributed by atoms with E-state index in [4.69, 9.17) is 0 Å². The minimum atomic E-state index is 1.09. The first-order valence-electron chi connectivity index (χ1n) is 22.3. The van der Waals surface area contributed by atoms with Crippen LogP contribution in [0.1, 0.15) is 36.8 Å². The van der Waals surface area contributed by atoms with Gasteiger partial charge in [0.1, 0.15) is 0 Å². The number of hydrogen-bond acceptors (Lipinski definition) is 1. The first-order chi connectivity index (χ1) is 30.8. The third-order valence-corrected chi connectivity index (χ3v) is 13.4. The molecule has 62 heavy (non-hydrogen) atoms. The van der Waals surface area contributed by atoms with Crippen molar-refractivity contribution in [2.45, 2.75) is 38.5 Å². The molecule has 0 atom stereocenters. The highest BCUT2D eigenvalue weighted by molar-refractivity contribution is 6.18. The van der Waals surface area contributed by atoms with E-state index in [0.717, 1.165) is 29.9 Å². The minimum absolute atomic E-state index is 1.09. The van der Waals surface area contributed by atoms with Gasteiger partial charge in [0.25, 0.3) is 0 Å². The zero-order valence-electron chi connectivity index (χ0n) is 34.8. The Balaban J connectivity index is 1.12. The van der Waals surface area contributed by atoms with Gasteiger partial charge in [0.2, 0.25) is 0 Å². The lowest BCUT2D eigenvalue weighted by atomic mass is 9.84. The Morgan fingerprint density at radius 3 is 1.65 bits per heavy atom. The van der Waals surface area contributed by atoms with Crippen molar-refractivity contribution in [2.75, 3.05) is 4.90 Å². The number of benzene rings is 9. The second-order valence-corrected chi connectivity index (χ2v) is 17.0. The largest absolute Gasteiger partial charge is 0.310 e. The molecule has 1 aliphatic carbocycles. The summed E-state index contributed by atoms with van der Waals surface area (Å²) < 4.78 is 2.61. The molecule has 10 aromatic rings. The van der Waals surface area contributed by atoms with Gasteiger partial charge in [-0.2, -0.15) is 0 Å². The molecule has 1 aromatic heterocycles. The average Bonchev–Trinajstić information content (AvgIpc) is 3.60. The Hall–Kier alpha value is -7.42. The number of aromatic nitrogens is 1. The minimum Gasteiger partial charge on any atom is -0.310 e. The van der Waals surface area contributed by atoms with Gasteiger partial charge < -0.3 is 9.47 Å². The number of rotatable bonds is 6. The Labute approximate surface area is 364 Å². The molecule has 12 rings (SSSR count). The fourth-order valence-electron chi connectivity index (χ4n) is 10.5. The highest BCUT2D eigenvalue weighted by atomic mass is 15.1. The highest BCUT2D eigenvalue weighted by Gasteiger charge is 2.29. The van der Waals surface area contributed by atoms with Crippen LogP contribution in [0.15, 0.2) is 206 Å². The average molecular weight is 795 g/mol. The molecule has 0 fully saturated rings. The normalized spacial score (nSPS) is 13.1. The molecule has 0 bridgehead atoms. The van der Waals surface area contributed by atoms with Crippen LogP contribution in [0.3, 0.4) is 0 Å². The van der Waals surface area contributed by atoms with Crippen LogP contribution in [-0.4, -0.2) is 4.57 Å². The van der Waals surface area contributed by atoms with Crippen molar-refractivity contribution in [3.8, 4) is 61.3 Å². The molecule has 0 amide bonds. The number of anilines is 3. The molecule has 0 saturated heterocycles. The topological polar surface area (TPSA) is 8.17 Å². The Bertz CT molecular complexity index is 3270. The summed E-state index contributed by atoms with van der Waals surface area (Å²) in [5.41, 5.74) is 22.8. The zero-order valence-corrected chi connectivity index (χ0v) is 34.8. The zero-order chi connectivity index (χ0) is 41.0. The first kappa shape index (κ1) is 36.4. The molecule has 2 heterocycles. The molecule has 9 aromatic carbocycles. The molecule has 0 spiro atoms. The molecule has 0 N–H and O–H groups in total. The smallest absolute Gasteiger partial charge is 0.0622 e. The molecule has 2 heteroatoms. The molecule has 0 saturated carbocycles. The standard InChI is InChI=1S/C60H46N2/c1-2-7-24-46-31-36-54-52-38-35-49(40-57(52)62-56-28-15-14-26-51(56)53-27-16-25-45(23-6-1)58(53)59(46)60(54)62)61(47-32-29-42(30-33-47)41-17-8-3-9-18-41)48-34-37-50(43-19-10-4-11-20-43)55(39-48)44-21-12-5-13-22-44/h3-5,8-22,25-40H,1-2,6-7,23-24H2. The summed E-state index contributed by atoms with van der Waals surface area (Å²) >= 11 is 0. The summed E-state index contributed by atoms with van der Waals surface area (Å²) in [6, 6.07) is 76.6. The van der Waals surface area contributed by atoms with Crippen molar-refractivity contribution in [3.05, 3.63) is 217 Å². The predicted octanol–water partition coefficient (Wildman–Crippen LogP) is 16.6. The molecule has 2 nitrogen and oxygen atoms in total. The van der Waals surface area contributed by atoms with Gasteiger partial charge in [0.15, 0.2) is 0 Å². The van der Waals surface area contributed by atoms with Gasteiger partial charge >= 0.3 is 0 Å². The summed E-state index contributed by atoms with van der Waals surface area (Å²) in [7, 11) is 0. The van der Waals surface area contributed by atoms with Gasteiger partial charge in [-0.15, -0.1) is 0 Å². The van der Waals surface area contributed by atoms with Crippen LogP contribution < -0.4 is 4.90 Å². The lowest BCUT2D eigenvalue weighted by Gasteiger charge is -2.27. The molecule has 0 unspecified atom stereocenters. The monoisotopic (exact) mass is 794 g/mol. The van der Waals surface area contributed by atoms with Crippen LogP contribution in [-0.2, 0) is 12.8 Å². The summed E-state index contributed by atoms with van der Waals surface area (Å²) in [5, 5.41) is 2.60. The van der Waals surface area contributed by atoms with Crippen LogP contribution >= 0.6 is 0 Å². The SMILES string of the molecule is c1ccc(-c2ccc(N(c3ccc(-c4ccccc4)c(-c4ccccc4)c3)c3ccc4c5ccc6c7c5n(c4c3)-c3ccccc3-c3cccc(c3-7)CCCCCC6)cc2)cc1. The van der Waals surface area contributed by atoms with Crippen molar-refractivity contribution >= 4 is 38.9 Å². The summed E-state index contributed by atoms with van der Waals surface area (Å²) in [4.78, 5) is 2.45. The maximum atomic E-state index is 2.61. The lowest BCUT2D eigenvalue weighted by Crippen LogP contribution is -2.10. The highest BCUT2D eigenvalue weighted by Crippen LogP contribution is 2.51. The maximum absolute atomic E-state index is 2.61. The van der Waals surface area contributed by atoms with Crippen LogP contribution in [0, 0.1) is 0 Å². The molecular formula is C60H46N2. The quantitative estimate of drug-likeness (QED) is 0.163. The number of aryl methyl sites for hydroxylation is 2. The Morgan fingerprint density at radius 1 is 0.339 bits per heavy atom. The van der Waals surface area contributed by atoms with Crippen molar-refractivity contribution in [2.24, 2.45) is 0 Å². The number of para-hydroxylation sites is 1. The molecule has 0 radical (unpaired) electrons. The van der Waals surface area contributed by atoms with E-state index in [0.29, 0.717) is 0 Å². The van der Waals surface area contributed by atoms with Gasteiger partial charge in [0.05, 0.1) is 16.7 Å². The van der Waals surface area contributed by atoms with Crippen LogP contribution in [0.25, 0.3) is 83.1 Å². The van der Waals surface area contributed by atoms with Crippen molar-refractivity contribution in [1.29, 1.82) is 0 Å². The van der Waals surface area contributed by atoms with E-state index in [1.165, 1.54) is 120 Å². The molecule has 1 aliphatic heterocycles. The first-order valence-corrected chi connectivity index (χ1v) is 22.3. The predicted molar refractivity (Wildman–Crippen MR) is 262 cm³/mol. The second kappa shape index (κ2) is 15.2. The summed E-state index contributed by atoms with van der Waals surface area (Å²) in [5.74, 6) is 0. The van der Waals surface area contributed by atoms with E-state index < -0.39 is 0 Å². The van der Waals surface area contributed by atoms with Crippen LogP contribution in [0.2, 0.25) is 0 Å². The van der Waals surface area contributed by atoms with Gasteiger partial charge in [0, 0.05) is 39.0 Å². The fourth-order valence-corrected chi connectivity index (χ4v) is 10.5. The molecule has 2 aliphatic rings. The second-order valence-electron chi connectivity index (χ2n) is 17.0. The Morgan fingerprint density at radius 2 is 0.903 bits per heavy atom. The van der Waals surface area contributed by atoms with Crippen molar-refractivity contribution < 1.29 is 0 Å². The number of fused-ring (bicyclic) bond motifs is 6. The van der Waals surface area contributed by atoms with Gasteiger partial charge in [-0.1, -0.05) is 177 Å². The third-order valence-electron chi connectivity index (χ3n) is 13.4. The fraction of sp³-hybridized carbons (Fsp3) is 0.100. The van der Waals surface area contributed by atoms with Gasteiger partial charge in [-0.3, -0.25) is 0 Å². The molecule has 296 valence electrons.